The van der Waals surface area contributed by atoms with E-state index in [1.54, 1.807) is 0 Å². The molecule has 0 aliphatic carbocycles. The number of nitrogens with zero attached hydrogens (tertiary/aromatic N) is 10. The van der Waals surface area contributed by atoms with E-state index >= 15 is 0 Å². The fraction of sp³-hybridized carbons (Fsp3) is 0.250. The predicted octanol–water partition coefficient (Wildman–Crippen LogP) is -0.835. The molecule has 16 nitrogen and oxygen atoms in total. The van der Waals surface area contributed by atoms with Crippen molar-refractivity contribution in [1.29, 1.82) is 0 Å². The zero-order valence-electron chi connectivity index (χ0n) is 29.4. The molecule has 0 aliphatic heterocycles. The van der Waals surface area contributed by atoms with Gasteiger partial charge in [0.15, 0.2) is 11.6 Å². The van der Waals surface area contributed by atoms with Crippen LogP contribution in [-0.4, -0.2) is 64.6 Å². The summed E-state index contributed by atoms with van der Waals surface area (Å²) in [5.74, 6) is -6.94. The van der Waals surface area contributed by atoms with Crippen LogP contribution in [0, 0.1) is 34.9 Å². The Balaban J connectivity index is 0.000000264. The average Bonchev–Trinajstić information content (AvgIpc) is 3.82. The number of halogens is 6. The van der Waals surface area contributed by atoms with Gasteiger partial charge in [0.1, 0.15) is 72.4 Å². The van der Waals surface area contributed by atoms with Gasteiger partial charge in [0.2, 0.25) is 0 Å². The Morgan fingerprint density at radius 1 is 0.661 bits per heavy atom. The molecule has 24 heteroatoms. The van der Waals surface area contributed by atoms with Crippen molar-refractivity contribution < 1.29 is 85.4 Å². The SMILES string of the molecule is C[C@@H](c1ncncc1F)[C@](O)(Cn1cncn1)c1ccc(F)cc1F.C[C@@H](c1ncncc1F)[C@](O)(Cn1cncn1)c1ccc(F)cc1F.O=P([O-])([O-])O.[Na+]. The fourth-order valence-electron chi connectivity index (χ4n) is 5.45. The summed E-state index contributed by atoms with van der Waals surface area (Å²) in [5, 5.41) is 30.4. The van der Waals surface area contributed by atoms with Crippen molar-refractivity contribution in [2.75, 3.05) is 0 Å². The molecule has 0 unspecified atom stereocenters. The van der Waals surface area contributed by atoms with E-state index in [1.807, 2.05) is 0 Å². The Morgan fingerprint density at radius 2 is 1.02 bits per heavy atom. The Hall–Kier alpha value is -4.51. The average molecular weight is 818 g/mol. The van der Waals surface area contributed by atoms with E-state index in [4.69, 9.17) is 19.2 Å². The van der Waals surface area contributed by atoms with Crippen molar-refractivity contribution >= 4 is 7.82 Å². The van der Waals surface area contributed by atoms with Gasteiger partial charge in [0, 0.05) is 35.1 Å². The van der Waals surface area contributed by atoms with E-state index in [0.29, 0.717) is 12.1 Å². The van der Waals surface area contributed by atoms with Crippen LogP contribution in [-0.2, 0) is 28.9 Å². The first kappa shape index (κ1) is 45.9. The quantitative estimate of drug-likeness (QED) is 0.0870. The zero-order chi connectivity index (χ0) is 40.6. The van der Waals surface area contributed by atoms with Crippen LogP contribution in [0.5, 0.6) is 0 Å². The van der Waals surface area contributed by atoms with Gasteiger partial charge in [0.25, 0.3) is 0 Å². The van der Waals surface area contributed by atoms with Crippen LogP contribution < -0.4 is 39.3 Å². The van der Waals surface area contributed by atoms with Crippen LogP contribution in [0.1, 0.15) is 48.2 Å². The predicted molar refractivity (Wildman–Crippen MR) is 171 cm³/mol. The van der Waals surface area contributed by atoms with E-state index < -0.39 is 65.8 Å². The van der Waals surface area contributed by atoms with Crippen LogP contribution in [0.25, 0.3) is 0 Å². The number of aliphatic hydroxyl groups is 2. The van der Waals surface area contributed by atoms with Gasteiger partial charge in [-0.3, -0.25) is 0 Å². The monoisotopic (exact) mass is 817 g/mol. The van der Waals surface area contributed by atoms with Crippen LogP contribution in [0.4, 0.5) is 26.3 Å². The number of aromatic nitrogens is 10. The molecule has 0 fully saturated rings. The molecule has 0 aliphatic rings. The second kappa shape index (κ2) is 19.6. The number of hydrogen-bond acceptors (Lipinski definition) is 13. The summed E-state index contributed by atoms with van der Waals surface area (Å²) < 4.78 is 94.7. The first-order chi connectivity index (χ1) is 25.8. The molecular weight excluding hydrogens is 788 g/mol. The molecule has 4 aromatic heterocycles. The first-order valence-corrected chi connectivity index (χ1v) is 17.0. The fourth-order valence-corrected chi connectivity index (χ4v) is 5.45. The summed E-state index contributed by atoms with van der Waals surface area (Å²) in [7, 11) is -5.14. The van der Waals surface area contributed by atoms with Crippen molar-refractivity contribution in [3.05, 3.63) is 144 Å². The van der Waals surface area contributed by atoms with Crippen LogP contribution in [0.3, 0.4) is 0 Å². The molecular formula is C32H29F6N10NaO6P-. The molecule has 0 bridgehead atoms. The second-order valence-electron chi connectivity index (χ2n) is 11.7. The molecule has 6 rings (SSSR count). The first-order valence-electron chi connectivity index (χ1n) is 15.5. The third kappa shape index (κ3) is 11.8. The Morgan fingerprint density at radius 3 is 1.30 bits per heavy atom. The molecule has 0 amide bonds. The van der Waals surface area contributed by atoms with Crippen molar-refractivity contribution in [2.45, 2.75) is 50.0 Å². The van der Waals surface area contributed by atoms with E-state index in [1.165, 1.54) is 48.5 Å². The molecule has 3 N–H and O–H groups in total. The maximum absolute atomic E-state index is 14.4. The van der Waals surface area contributed by atoms with Gasteiger partial charge < -0.3 is 29.5 Å². The third-order valence-electron chi connectivity index (χ3n) is 8.18. The standard InChI is InChI=1S/2C16H14F3N5O.Na.H3O4P/c2*1-10(15-14(19)5-20-7-22-15)16(25,6-24-9-21-8-23-24)12-3-2-11(17)4-13(12)18;;1-5(2,3)4/h2*2-5,7-10,25H,6H2,1H3;;(H3,1,2,3,4)/q;;+1;/p-2/t2*10-,16+;;/m00../s1. The molecule has 0 saturated carbocycles. The topological polar surface area (TPSA) is 237 Å². The summed E-state index contributed by atoms with van der Waals surface area (Å²) in [6.45, 7) is 2.51. The molecule has 0 radical (unpaired) electrons. The van der Waals surface area contributed by atoms with Gasteiger partial charge >= 0.3 is 29.6 Å². The Kier molecular flexibility index (Phi) is 16.0. The van der Waals surface area contributed by atoms with E-state index in [9.17, 15) is 36.6 Å². The summed E-state index contributed by atoms with van der Waals surface area (Å²) >= 11 is 0. The van der Waals surface area contributed by atoms with Crippen LogP contribution in [0.15, 0.2) is 86.8 Å². The Bertz CT molecular complexity index is 2080. The molecule has 0 spiro atoms. The molecule has 6 aromatic rings. The van der Waals surface area contributed by atoms with Crippen molar-refractivity contribution in [3.63, 3.8) is 0 Å². The minimum atomic E-state index is -5.14. The van der Waals surface area contributed by atoms with Gasteiger partial charge in [-0.05, 0) is 12.1 Å². The third-order valence-corrected chi connectivity index (χ3v) is 8.18. The van der Waals surface area contributed by atoms with Gasteiger partial charge in [-0.2, -0.15) is 10.2 Å². The molecule has 292 valence electrons. The smallest absolute Gasteiger partial charge is 0.790 e. The van der Waals surface area contributed by atoms with Gasteiger partial charge in [-0.15, -0.1) is 0 Å². The molecule has 2 aromatic carbocycles. The summed E-state index contributed by atoms with van der Waals surface area (Å²) in [5.41, 5.74) is -4.51. The number of rotatable bonds is 10. The van der Waals surface area contributed by atoms with E-state index in [0.717, 1.165) is 49.3 Å². The van der Waals surface area contributed by atoms with Crippen molar-refractivity contribution in [2.24, 2.45) is 0 Å². The molecule has 0 saturated heterocycles. The summed E-state index contributed by atoms with van der Waals surface area (Å²) in [6.07, 6.45) is 9.32. The minimum Gasteiger partial charge on any atom is -0.790 e. The summed E-state index contributed by atoms with van der Waals surface area (Å²) in [4.78, 5) is 46.7. The maximum Gasteiger partial charge on any atom is 1.00 e. The molecule has 4 atom stereocenters. The number of phosphoric acid groups is 1. The molecule has 4 heterocycles. The van der Waals surface area contributed by atoms with Gasteiger partial charge in [-0.1, -0.05) is 26.0 Å². The number of hydrogen-bond donors (Lipinski definition) is 3. The largest absolute Gasteiger partial charge is 1.00 e. The Labute approximate surface area is 335 Å². The maximum atomic E-state index is 14.4. The van der Waals surface area contributed by atoms with E-state index in [2.05, 4.69) is 40.1 Å². The minimum absolute atomic E-state index is 0. The second-order valence-corrected chi connectivity index (χ2v) is 12.6. The normalized spacial score (nSPS) is 14.4. The summed E-state index contributed by atoms with van der Waals surface area (Å²) in [6, 6.07) is 5.60. The number of benzene rings is 2. The van der Waals surface area contributed by atoms with Gasteiger partial charge in [-0.25, -0.2) is 65.6 Å². The van der Waals surface area contributed by atoms with E-state index in [-0.39, 0.29) is 65.2 Å². The van der Waals surface area contributed by atoms with Crippen LogP contribution in [0.2, 0.25) is 0 Å². The van der Waals surface area contributed by atoms with Crippen molar-refractivity contribution in [1.82, 2.24) is 49.5 Å². The van der Waals surface area contributed by atoms with Gasteiger partial charge in [0.05, 0.1) is 44.7 Å². The van der Waals surface area contributed by atoms with Crippen LogP contribution >= 0.6 is 7.82 Å². The molecule has 56 heavy (non-hydrogen) atoms. The zero-order valence-corrected chi connectivity index (χ0v) is 32.3. The van der Waals surface area contributed by atoms with Crippen molar-refractivity contribution in [3.8, 4) is 0 Å².